The molecular formula is C31H23N3. The van der Waals surface area contributed by atoms with Crippen molar-refractivity contribution in [2.45, 2.75) is 12.3 Å². The minimum absolute atomic E-state index is 0.377. The molecule has 0 radical (unpaired) electrons. The molecule has 0 saturated heterocycles. The Morgan fingerprint density at radius 3 is 2.09 bits per heavy atom. The summed E-state index contributed by atoms with van der Waals surface area (Å²) >= 11 is 0. The van der Waals surface area contributed by atoms with E-state index < -0.39 is 0 Å². The molecule has 6 rings (SSSR count). The van der Waals surface area contributed by atoms with Crippen molar-refractivity contribution in [2.24, 2.45) is 0 Å². The van der Waals surface area contributed by atoms with Crippen molar-refractivity contribution in [3.63, 3.8) is 0 Å². The monoisotopic (exact) mass is 437 g/mol. The van der Waals surface area contributed by atoms with Crippen molar-refractivity contribution in [1.82, 2.24) is 15.0 Å². The van der Waals surface area contributed by atoms with Gasteiger partial charge in [-0.1, -0.05) is 66.8 Å². The molecule has 3 nitrogen and oxygen atoms in total. The van der Waals surface area contributed by atoms with Crippen LogP contribution < -0.4 is 0 Å². The summed E-state index contributed by atoms with van der Waals surface area (Å²) in [7, 11) is 0. The average Bonchev–Trinajstić information content (AvgIpc) is 2.94. The maximum atomic E-state index is 5.16. The van der Waals surface area contributed by atoms with Crippen molar-refractivity contribution < 1.29 is 0 Å². The Hall–Kier alpha value is -4.37. The van der Waals surface area contributed by atoms with Gasteiger partial charge in [-0.3, -0.25) is 9.97 Å². The summed E-state index contributed by atoms with van der Waals surface area (Å²) in [5.74, 6) is 0.377. The Balaban J connectivity index is 1.37. The Labute approximate surface area is 199 Å². The van der Waals surface area contributed by atoms with Gasteiger partial charge in [0, 0.05) is 41.7 Å². The van der Waals surface area contributed by atoms with E-state index in [0.717, 1.165) is 28.9 Å². The molecule has 0 amide bonds. The Bertz CT molecular complexity index is 1500. The zero-order chi connectivity index (χ0) is 22.7. The van der Waals surface area contributed by atoms with Crippen molar-refractivity contribution in [3.05, 3.63) is 133 Å². The average molecular weight is 438 g/mol. The van der Waals surface area contributed by atoms with Crippen LogP contribution in [0.25, 0.3) is 38.7 Å². The van der Waals surface area contributed by atoms with Crippen LogP contribution in [0.5, 0.6) is 0 Å². The summed E-state index contributed by atoms with van der Waals surface area (Å²) in [5, 5.41) is 2.38. The number of benzene rings is 2. The maximum Gasteiger partial charge on any atom is 0.0784 e. The van der Waals surface area contributed by atoms with E-state index in [1.54, 1.807) is 0 Å². The minimum atomic E-state index is 0.377. The second kappa shape index (κ2) is 8.87. The van der Waals surface area contributed by atoms with Gasteiger partial charge >= 0.3 is 0 Å². The summed E-state index contributed by atoms with van der Waals surface area (Å²) < 4.78 is 0. The van der Waals surface area contributed by atoms with E-state index >= 15 is 0 Å². The molecule has 3 heterocycles. The highest BCUT2D eigenvalue weighted by Gasteiger charge is 2.16. The van der Waals surface area contributed by atoms with Gasteiger partial charge in [0.05, 0.1) is 11.4 Å². The number of fused-ring (bicyclic) bond motifs is 1. The molecule has 3 heteroatoms. The summed E-state index contributed by atoms with van der Waals surface area (Å²) in [4.78, 5) is 13.4. The quantitative estimate of drug-likeness (QED) is 0.292. The van der Waals surface area contributed by atoms with Crippen molar-refractivity contribution in [3.8, 4) is 22.4 Å². The summed E-state index contributed by atoms with van der Waals surface area (Å²) in [5.41, 5.74) is 7.94. The van der Waals surface area contributed by atoms with Gasteiger partial charge in [0.2, 0.25) is 0 Å². The lowest BCUT2D eigenvalue weighted by Gasteiger charge is -2.18. The lowest BCUT2D eigenvalue weighted by Crippen LogP contribution is -2.01. The highest BCUT2D eigenvalue weighted by molar-refractivity contribution is 5.96. The van der Waals surface area contributed by atoms with E-state index in [1.807, 2.05) is 36.9 Å². The molecule has 5 aromatic rings. The number of aromatic nitrogens is 3. The highest BCUT2D eigenvalue weighted by atomic mass is 14.7. The molecule has 0 saturated carbocycles. The summed E-state index contributed by atoms with van der Waals surface area (Å²) in [6.07, 6.45) is 15.2. The fourth-order valence-corrected chi connectivity index (χ4v) is 4.60. The van der Waals surface area contributed by atoms with E-state index in [9.17, 15) is 0 Å². The molecule has 34 heavy (non-hydrogen) atoms. The largest absolute Gasteiger partial charge is 0.265 e. The summed E-state index contributed by atoms with van der Waals surface area (Å²) in [6.45, 7) is 0. The van der Waals surface area contributed by atoms with Crippen LogP contribution in [0.1, 0.15) is 23.6 Å². The SMILES string of the molecule is C1=CC(c2ccncc2)CC=C1c1nc(-c2ccc(-c3ccncc3)cc2)cc2ccccc12. The predicted molar refractivity (Wildman–Crippen MR) is 139 cm³/mol. The van der Waals surface area contributed by atoms with Crippen molar-refractivity contribution in [2.75, 3.05) is 0 Å². The Morgan fingerprint density at radius 2 is 1.35 bits per heavy atom. The first-order valence-corrected chi connectivity index (χ1v) is 11.5. The molecule has 0 bridgehead atoms. The second-order valence-corrected chi connectivity index (χ2v) is 8.53. The van der Waals surface area contributed by atoms with Gasteiger partial charge < -0.3 is 0 Å². The Morgan fingerprint density at radius 1 is 0.676 bits per heavy atom. The predicted octanol–water partition coefficient (Wildman–Crippen LogP) is 7.49. The molecule has 0 spiro atoms. The van der Waals surface area contributed by atoms with Gasteiger partial charge in [0.1, 0.15) is 0 Å². The first kappa shape index (κ1) is 20.3. The number of allylic oxidation sites excluding steroid dienone is 4. The van der Waals surface area contributed by atoms with Crippen molar-refractivity contribution >= 4 is 16.3 Å². The molecule has 1 aliphatic rings. The molecule has 162 valence electrons. The van der Waals surface area contributed by atoms with Crippen LogP contribution >= 0.6 is 0 Å². The minimum Gasteiger partial charge on any atom is -0.265 e. The van der Waals surface area contributed by atoms with Gasteiger partial charge in [-0.2, -0.15) is 0 Å². The number of pyridine rings is 3. The van der Waals surface area contributed by atoms with Gasteiger partial charge in [-0.15, -0.1) is 0 Å². The lowest BCUT2D eigenvalue weighted by molar-refractivity contribution is 0.853. The van der Waals surface area contributed by atoms with E-state index in [0.29, 0.717) is 5.92 Å². The first-order valence-electron chi connectivity index (χ1n) is 11.5. The van der Waals surface area contributed by atoms with Gasteiger partial charge in [-0.25, -0.2) is 4.98 Å². The molecule has 0 N–H and O–H groups in total. The third kappa shape index (κ3) is 3.93. The molecule has 1 aliphatic carbocycles. The number of rotatable bonds is 4. The molecule has 3 aromatic heterocycles. The van der Waals surface area contributed by atoms with E-state index in [2.05, 4.69) is 94.9 Å². The van der Waals surface area contributed by atoms with Gasteiger partial charge in [0.25, 0.3) is 0 Å². The Kier molecular flexibility index (Phi) is 5.29. The number of hydrogen-bond donors (Lipinski definition) is 0. The second-order valence-electron chi connectivity index (χ2n) is 8.53. The van der Waals surface area contributed by atoms with Crippen LogP contribution in [0, 0.1) is 0 Å². The van der Waals surface area contributed by atoms with E-state index in [1.165, 1.54) is 27.5 Å². The zero-order valence-corrected chi connectivity index (χ0v) is 18.7. The number of nitrogens with zero attached hydrogens (tertiary/aromatic N) is 3. The topological polar surface area (TPSA) is 38.7 Å². The maximum absolute atomic E-state index is 5.16. The first-order chi connectivity index (χ1) is 16.8. The fraction of sp³-hybridized carbons (Fsp3) is 0.0645. The van der Waals surface area contributed by atoms with Crippen molar-refractivity contribution in [1.29, 1.82) is 0 Å². The summed E-state index contributed by atoms with van der Waals surface area (Å²) in [6, 6.07) is 27.6. The molecule has 1 atom stereocenters. The fourth-order valence-electron chi connectivity index (χ4n) is 4.60. The van der Waals surface area contributed by atoms with Crippen LogP contribution in [0.4, 0.5) is 0 Å². The highest BCUT2D eigenvalue weighted by Crippen LogP contribution is 2.34. The van der Waals surface area contributed by atoms with Gasteiger partial charge in [-0.05, 0) is 64.4 Å². The van der Waals surface area contributed by atoms with Crippen LogP contribution in [0.3, 0.4) is 0 Å². The molecule has 1 unspecified atom stereocenters. The molecular weight excluding hydrogens is 414 g/mol. The van der Waals surface area contributed by atoms with E-state index in [-0.39, 0.29) is 0 Å². The van der Waals surface area contributed by atoms with Crippen LogP contribution in [-0.2, 0) is 0 Å². The molecule has 0 fully saturated rings. The lowest BCUT2D eigenvalue weighted by atomic mass is 9.89. The molecule has 2 aromatic carbocycles. The zero-order valence-electron chi connectivity index (χ0n) is 18.7. The number of hydrogen-bond acceptors (Lipinski definition) is 3. The van der Waals surface area contributed by atoms with E-state index in [4.69, 9.17) is 4.98 Å². The van der Waals surface area contributed by atoms with Crippen LogP contribution in [-0.4, -0.2) is 15.0 Å². The van der Waals surface area contributed by atoms with Crippen LogP contribution in [0.2, 0.25) is 0 Å². The van der Waals surface area contributed by atoms with Crippen LogP contribution in [0.15, 0.2) is 122 Å². The third-order valence-corrected chi connectivity index (χ3v) is 6.44. The smallest absolute Gasteiger partial charge is 0.0784 e. The third-order valence-electron chi connectivity index (χ3n) is 6.44. The molecule has 0 aliphatic heterocycles. The normalized spacial score (nSPS) is 15.3. The standard InChI is InChI=1S/C31H23N3/c1-2-4-29-28(3-1)21-30(26-9-5-22(6-10-26)24-13-17-32-18-14-24)34-31(29)27-11-7-23(8-12-27)25-15-19-33-20-16-25/h1-7,9-21,23H,8H2. The van der Waals surface area contributed by atoms with Gasteiger partial charge in [0.15, 0.2) is 0 Å².